The van der Waals surface area contributed by atoms with E-state index in [-0.39, 0.29) is 16.8 Å². The molecule has 0 radical (unpaired) electrons. The molecule has 0 bridgehead atoms. The SMILES string of the molecule is Cc1cc(C(=O)ON2C(=O)c3ccccc3C2=O)n(C)n1. The number of imide groups is 1. The lowest BCUT2D eigenvalue weighted by molar-refractivity contribution is -0.0591. The zero-order valence-corrected chi connectivity index (χ0v) is 11.4. The van der Waals surface area contributed by atoms with E-state index in [1.54, 1.807) is 26.1 Å². The molecule has 1 aromatic heterocycles. The average Bonchev–Trinajstić information content (AvgIpc) is 2.92. The van der Waals surface area contributed by atoms with Crippen LogP contribution in [0.5, 0.6) is 0 Å². The summed E-state index contributed by atoms with van der Waals surface area (Å²) < 4.78 is 1.33. The molecule has 0 spiro atoms. The van der Waals surface area contributed by atoms with Crippen LogP contribution in [0.2, 0.25) is 0 Å². The van der Waals surface area contributed by atoms with Crippen molar-refractivity contribution >= 4 is 17.8 Å². The first-order valence-electron chi connectivity index (χ1n) is 6.20. The summed E-state index contributed by atoms with van der Waals surface area (Å²) in [7, 11) is 1.58. The number of aromatic nitrogens is 2. The van der Waals surface area contributed by atoms with Gasteiger partial charge in [0.05, 0.1) is 16.8 Å². The Kier molecular flexibility index (Phi) is 2.83. The van der Waals surface area contributed by atoms with E-state index >= 15 is 0 Å². The fraction of sp³-hybridized carbons (Fsp3) is 0.143. The van der Waals surface area contributed by atoms with Crippen LogP contribution in [-0.2, 0) is 11.9 Å². The quantitative estimate of drug-likeness (QED) is 0.772. The standard InChI is InChI=1S/C14H11N3O4/c1-8-7-11(16(2)15-8)14(20)21-17-12(18)9-5-3-4-6-10(9)13(17)19/h3-7H,1-2H3. The van der Waals surface area contributed by atoms with Gasteiger partial charge in [-0.25, -0.2) is 4.79 Å². The van der Waals surface area contributed by atoms with Gasteiger partial charge < -0.3 is 4.84 Å². The summed E-state index contributed by atoms with van der Waals surface area (Å²) in [5, 5.41) is 4.49. The second-order valence-corrected chi connectivity index (χ2v) is 4.62. The molecule has 7 heteroatoms. The number of hydrogen-bond acceptors (Lipinski definition) is 5. The number of fused-ring (bicyclic) bond motifs is 1. The van der Waals surface area contributed by atoms with Gasteiger partial charge in [-0.2, -0.15) is 5.10 Å². The van der Waals surface area contributed by atoms with Gasteiger partial charge in [0.1, 0.15) is 5.69 Å². The normalized spacial score (nSPS) is 13.5. The molecule has 1 aliphatic rings. The minimum absolute atomic E-state index is 0.157. The Bertz CT molecular complexity index is 743. The minimum Gasteiger partial charge on any atom is -0.323 e. The van der Waals surface area contributed by atoms with Gasteiger partial charge >= 0.3 is 5.97 Å². The fourth-order valence-corrected chi connectivity index (χ4v) is 2.18. The molecule has 2 amide bonds. The predicted octanol–water partition coefficient (Wildman–Crippen LogP) is 1.10. The Morgan fingerprint density at radius 3 is 2.19 bits per heavy atom. The van der Waals surface area contributed by atoms with Gasteiger partial charge in [0.25, 0.3) is 11.8 Å². The Labute approximate surface area is 119 Å². The van der Waals surface area contributed by atoms with Gasteiger partial charge in [0.15, 0.2) is 0 Å². The summed E-state index contributed by atoms with van der Waals surface area (Å²) in [6.07, 6.45) is 0. The fourth-order valence-electron chi connectivity index (χ4n) is 2.18. The molecule has 0 atom stereocenters. The van der Waals surface area contributed by atoms with Crippen molar-refractivity contribution in [2.24, 2.45) is 7.05 Å². The molecule has 2 aromatic rings. The van der Waals surface area contributed by atoms with Crippen molar-refractivity contribution in [3.63, 3.8) is 0 Å². The zero-order chi connectivity index (χ0) is 15.1. The third-order valence-corrected chi connectivity index (χ3v) is 3.14. The molecule has 21 heavy (non-hydrogen) atoms. The van der Waals surface area contributed by atoms with E-state index in [1.807, 2.05) is 0 Å². The summed E-state index contributed by atoms with van der Waals surface area (Å²) >= 11 is 0. The molecule has 0 unspecified atom stereocenters. The van der Waals surface area contributed by atoms with Gasteiger partial charge in [-0.1, -0.05) is 17.2 Å². The predicted molar refractivity (Wildman–Crippen MR) is 70.3 cm³/mol. The second-order valence-electron chi connectivity index (χ2n) is 4.62. The molecule has 106 valence electrons. The molecule has 7 nitrogen and oxygen atoms in total. The lowest BCUT2D eigenvalue weighted by Crippen LogP contribution is -2.33. The topological polar surface area (TPSA) is 81.5 Å². The summed E-state index contributed by atoms with van der Waals surface area (Å²) in [6, 6.07) is 7.81. The van der Waals surface area contributed by atoms with Crippen LogP contribution in [0.4, 0.5) is 0 Å². The number of carbonyl (C=O) groups is 3. The second kappa shape index (κ2) is 4.55. The van der Waals surface area contributed by atoms with Crippen LogP contribution in [0.1, 0.15) is 36.9 Å². The van der Waals surface area contributed by atoms with Crippen molar-refractivity contribution < 1.29 is 19.2 Å². The highest BCUT2D eigenvalue weighted by Crippen LogP contribution is 2.23. The van der Waals surface area contributed by atoms with Gasteiger partial charge in [-0.15, -0.1) is 0 Å². The molecule has 0 saturated heterocycles. The minimum atomic E-state index is -0.812. The van der Waals surface area contributed by atoms with Gasteiger partial charge in [-0.3, -0.25) is 14.3 Å². The molecule has 1 aromatic carbocycles. The van der Waals surface area contributed by atoms with Crippen molar-refractivity contribution in [2.75, 3.05) is 0 Å². The van der Waals surface area contributed by atoms with Crippen LogP contribution in [0.3, 0.4) is 0 Å². The largest absolute Gasteiger partial charge is 0.381 e. The van der Waals surface area contributed by atoms with E-state index in [1.165, 1.54) is 22.9 Å². The van der Waals surface area contributed by atoms with E-state index in [2.05, 4.69) is 5.10 Å². The van der Waals surface area contributed by atoms with Crippen LogP contribution in [0.25, 0.3) is 0 Å². The third kappa shape index (κ3) is 1.99. The van der Waals surface area contributed by atoms with Gasteiger partial charge in [0.2, 0.25) is 0 Å². The number of benzene rings is 1. The number of rotatable bonds is 2. The number of amides is 2. The first-order valence-corrected chi connectivity index (χ1v) is 6.20. The first kappa shape index (κ1) is 13.0. The molecular weight excluding hydrogens is 274 g/mol. The molecule has 3 rings (SSSR count). The van der Waals surface area contributed by atoms with Crippen molar-refractivity contribution in [1.29, 1.82) is 0 Å². The number of nitrogens with zero attached hydrogens (tertiary/aromatic N) is 3. The van der Waals surface area contributed by atoms with Gasteiger partial charge in [-0.05, 0) is 25.1 Å². The smallest absolute Gasteiger partial charge is 0.323 e. The van der Waals surface area contributed by atoms with Crippen LogP contribution < -0.4 is 0 Å². The first-order chi connectivity index (χ1) is 9.99. The Morgan fingerprint density at radius 2 is 1.71 bits per heavy atom. The van der Waals surface area contributed by atoms with E-state index in [0.29, 0.717) is 10.8 Å². The van der Waals surface area contributed by atoms with E-state index in [4.69, 9.17) is 4.84 Å². The summed E-state index contributed by atoms with van der Waals surface area (Å²) in [4.78, 5) is 41.1. The molecule has 0 aliphatic carbocycles. The van der Waals surface area contributed by atoms with Crippen LogP contribution in [-0.4, -0.2) is 32.6 Å². The average molecular weight is 285 g/mol. The lowest BCUT2D eigenvalue weighted by atomic mass is 10.1. The van der Waals surface area contributed by atoms with Crippen molar-refractivity contribution in [3.05, 3.63) is 52.8 Å². The molecule has 2 heterocycles. The van der Waals surface area contributed by atoms with Crippen molar-refractivity contribution in [2.45, 2.75) is 6.92 Å². The maximum absolute atomic E-state index is 12.1. The van der Waals surface area contributed by atoms with E-state index in [9.17, 15) is 14.4 Å². The number of carbonyl (C=O) groups excluding carboxylic acids is 3. The number of aryl methyl sites for hydroxylation is 2. The molecule has 0 saturated carbocycles. The molecule has 0 fully saturated rings. The lowest BCUT2D eigenvalue weighted by Gasteiger charge is -2.12. The summed E-state index contributed by atoms with van der Waals surface area (Å²) in [5.74, 6) is -2.11. The van der Waals surface area contributed by atoms with Crippen molar-refractivity contribution in [3.8, 4) is 0 Å². The van der Waals surface area contributed by atoms with Crippen LogP contribution >= 0.6 is 0 Å². The third-order valence-electron chi connectivity index (χ3n) is 3.14. The Balaban J connectivity index is 1.87. The maximum atomic E-state index is 12.1. The highest BCUT2D eigenvalue weighted by atomic mass is 16.7. The van der Waals surface area contributed by atoms with Gasteiger partial charge in [0, 0.05) is 7.05 Å². The summed E-state index contributed by atoms with van der Waals surface area (Å²) in [6.45, 7) is 1.72. The van der Waals surface area contributed by atoms with E-state index in [0.717, 1.165) is 0 Å². The van der Waals surface area contributed by atoms with E-state index < -0.39 is 17.8 Å². The Hall–Kier alpha value is -2.96. The monoisotopic (exact) mass is 285 g/mol. The highest BCUT2D eigenvalue weighted by molar-refractivity contribution is 6.21. The Morgan fingerprint density at radius 1 is 1.14 bits per heavy atom. The highest BCUT2D eigenvalue weighted by Gasteiger charge is 2.39. The van der Waals surface area contributed by atoms with Crippen molar-refractivity contribution in [1.82, 2.24) is 14.8 Å². The van der Waals surface area contributed by atoms with Crippen LogP contribution in [0, 0.1) is 6.92 Å². The summed E-state index contributed by atoms with van der Waals surface area (Å²) in [5.41, 5.74) is 1.23. The molecule has 1 aliphatic heterocycles. The number of hydroxylamine groups is 2. The molecular formula is C14H11N3O4. The zero-order valence-electron chi connectivity index (χ0n) is 11.4. The maximum Gasteiger partial charge on any atom is 0.381 e. The molecule has 0 N–H and O–H groups in total. The van der Waals surface area contributed by atoms with Crippen LogP contribution in [0.15, 0.2) is 30.3 Å². The number of hydrogen-bond donors (Lipinski definition) is 0.